The van der Waals surface area contributed by atoms with Crippen LogP contribution in [0.15, 0.2) is 58.6 Å². The maximum absolute atomic E-state index is 14.8. The fourth-order valence-corrected chi connectivity index (χ4v) is 4.58. The first-order valence-electron chi connectivity index (χ1n) is 11.0. The fraction of sp³-hybridized carbons (Fsp3) is 0.280. The molecule has 0 bridgehead atoms. The number of hydrogen-bond acceptors (Lipinski definition) is 5. The molecule has 0 amide bonds. The van der Waals surface area contributed by atoms with Crippen LogP contribution in [-0.4, -0.2) is 36.6 Å². The topological polar surface area (TPSA) is 64.8 Å². The first-order valence-corrected chi connectivity index (χ1v) is 11.7. The van der Waals surface area contributed by atoms with Crippen molar-refractivity contribution in [3.8, 4) is 5.69 Å². The monoisotopic (exact) mass is 521 g/mol. The average molecular weight is 522 g/mol. The van der Waals surface area contributed by atoms with Crippen LogP contribution < -0.4 is 10.9 Å². The van der Waals surface area contributed by atoms with Crippen LogP contribution in [0.1, 0.15) is 29.5 Å². The Labute approximate surface area is 211 Å². The number of hydrogen-bond donors (Lipinski definition) is 1. The third-order valence-corrected chi connectivity index (χ3v) is 6.15. The summed E-state index contributed by atoms with van der Waals surface area (Å²) in [5, 5.41) is 7.96. The number of halogens is 4. The van der Waals surface area contributed by atoms with Crippen LogP contribution in [0.2, 0.25) is 10.0 Å². The van der Waals surface area contributed by atoms with E-state index in [0.29, 0.717) is 12.2 Å². The molecular formula is C25H23Cl2F2N3O3. The summed E-state index contributed by atoms with van der Waals surface area (Å²) < 4.78 is 34.8. The molecule has 1 aliphatic heterocycles. The molecule has 35 heavy (non-hydrogen) atoms. The number of aromatic nitrogens is 1. The van der Waals surface area contributed by atoms with Gasteiger partial charge in [-0.1, -0.05) is 28.4 Å². The Morgan fingerprint density at radius 1 is 1.11 bits per heavy atom. The second kappa shape index (κ2) is 11.3. The van der Waals surface area contributed by atoms with Crippen molar-refractivity contribution in [3.63, 3.8) is 0 Å². The fourth-order valence-electron chi connectivity index (χ4n) is 3.87. The van der Waals surface area contributed by atoms with Gasteiger partial charge in [0.25, 0.3) is 5.56 Å². The zero-order valence-corrected chi connectivity index (χ0v) is 20.4. The smallest absolute Gasteiger partial charge is 0.255 e. The molecule has 184 valence electrons. The van der Waals surface area contributed by atoms with E-state index in [4.69, 9.17) is 32.8 Å². The van der Waals surface area contributed by atoms with Crippen molar-refractivity contribution < 1.29 is 18.4 Å². The van der Waals surface area contributed by atoms with E-state index < -0.39 is 17.2 Å². The Hall–Kier alpha value is -2.78. The lowest BCUT2D eigenvalue weighted by molar-refractivity contribution is 0.0378. The van der Waals surface area contributed by atoms with Gasteiger partial charge in [-0.05, 0) is 61.8 Å². The Morgan fingerprint density at radius 3 is 2.49 bits per heavy atom. The molecule has 4 rings (SSSR count). The minimum atomic E-state index is -0.810. The number of benzene rings is 2. The molecule has 1 fully saturated rings. The minimum Gasteiger partial charge on any atom is -0.392 e. The molecule has 1 saturated heterocycles. The molecule has 0 saturated carbocycles. The highest BCUT2D eigenvalue weighted by Crippen LogP contribution is 2.30. The summed E-state index contributed by atoms with van der Waals surface area (Å²) in [6.45, 7) is 1.85. The zero-order valence-electron chi connectivity index (χ0n) is 18.9. The molecule has 0 atom stereocenters. The van der Waals surface area contributed by atoms with E-state index in [0.717, 1.165) is 43.6 Å². The summed E-state index contributed by atoms with van der Waals surface area (Å²) >= 11 is 12.9. The van der Waals surface area contributed by atoms with E-state index in [-0.39, 0.29) is 33.1 Å². The molecule has 3 aromatic rings. The van der Waals surface area contributed by atoms with E-state index in [1.54, 1.807) is 19.2 Å². The van der Waals surface area contributed by atoms with Crippen molar-refractivity contribution >= 4 is 28.9 Å². The maximum atomic E-state index is 14.8. The summed E-state index contributed by atoms with van der Waals surface area (Å²) in [7, 11) is 1.55. The molecule has 6 nitrogen and oxygen atoms in total. The summed E-state index contributed by atoms with van der Waals surface area (Å²) in [5.41, 5.74) is 1.09. The van der Waals surface area contributed by atoms with Crippen molar-refractivity contribution in [2.24, 2.45) is 5.16 Å². The number of nitrogens with one attached hydrogen (secondary N) is 1. The Balaban J connectivity index is 1.81. The van der Waals surface area contributed by atoms with Crippen molar-refractivity contribution in [2.75, 3.05) is 20.2 Å². The minimum absolute atomic E-state index is 0.0261. The number of pyridine rings is 1. The van der Waals surface area contributed by atoms with Gasteiger partial charge < -0.3 is 14.9 Å². The summed E-state index contributed by atoms with van der Waals surface area (Å²) in [4.78, 5) is 18.5. The van der Waals surface area contributed by atoms with E-state index in [2.05, 4.69) is 10.5 Å². The molecule has 2 heterocycles. The highest BCUT2D eigenvalue weighted by atomic mass is 35.5. The van der Waals surface area contributed by atoms with Gasteiger partial charge in [0, 0.05) is 36.6 Å². The van der Waals surface area contributed by atoms with Gasteiger partial charge in [-0.3, -0.25) is 9.36 Å². The predicted molar refractivity (Wildman–Crippen MR) is 132 cm³/mol. The summed E-state index contributed by atoms with van der Waals surface area (Å²) in [6.07, 6.45) is 2.78. The second-order valence-electron chi connectivity index (χ2n) is 8.09. The number of nitrogens with zero attached hydrogens (tertiary/aromatic N) is 2. The van der Waals surface area contributed by atoms with Gasteiger partial charge in [0.2, 0.25) is 0 Å². The average Bonchev–Trinajstić information content (AvgIpc) is 2.82. The van der Waals surface area contributed by atoms with Crippen molar-refractivity contribution in [1.82, 2.24) is 9.88 Å². The first kappa shape index (κ1) is 25.3. The lowest BCUT2D eigenvalue weighted by Crippen LogP contribution is -2.31. The quantitative estimate of drug-likeness (QED) is 0.347. The number of piperidine rings is 1. The summed E-state index contributed by atoms with van der Waals surface area (Å²) in [5.74, 6) is -1.53. The number of oxime groups is 1. The predicted octanol–water partition coefficient (Wildman–Crippen LogP) is 5.09. The van der Waals surface area contributed by atoms with Crippen molar-refractivity contribution in [1.29, 1.82) is 0 Å². The van der Waals surface area contributed by atoms with Gasteiger partial charge in [-0.2, -0.15) is 0 Å². The Bertz CT molecular complexity index is 1280. The number of methoxy groups -OCH3 is 1. The molecule has 0 unspecified atom stereocenters. The lowest BCUT2D eigenvalue weighted by atomic mass is 10.0. The van der Waals surface area contributed by atoms with Gasteiger partial charge in [-0.15, -0.1) is 0 Å². The van der Waals surface area contributed by atoms with Crippen LogP contribution >= 0.6 is 23.2 Å². The van der Waals surface area contributed by atoms with Crippen LogP contribution in [0, 0.1) is 11.6 Å². The van der Waals surface area contributed by atoms with Crippen molar-refractivity contribution in [3.05, 3.63) is 97.4 Å². The van der Waals surface area contributed by atoms with Gasteiger partial charge in [0.05, 0.1) is 22.3 Å². The van der Waals surface area contributed by atoms with E-state index in [1.165, 1.54) is 29.0 Å². The lowest BCUT2D eigenvalue weighted by Gasteiger charge is -2.21. The third kappa shape index (κ3) is 5.90. The number of ether oxygens (including phenoxy) is 1. The van der Waals surface area contributed by atoms with E-state index in [1.807, 2.05) is 0 Å². The molecule has 2 aromatic carbocycles. The normalized spacial score (nSPS) is 14.8. The molecule has 1 aliphatic rings. The molecule has 1 aromatic heterocycles. The standard InChI is InChI=1S/C25H23Cl2F2N3O3/c1-34-14-15-10-20(26)25(21(27)11-15)32-13-16(2-5-23(32)33)24(19-4-3-17(28)12-22(19)29)31-35-18-6-8-30-9-7-18/h2-5,10-13,18,30H,6-9,14H2,1H3/b31-24-. The second-order valence-corrected chi connectivity index (χ2v) is 8.90. The zero-order chi connectivity index (χ0) is 24.9. The Kier molecular flexibility index (Phi) is 8.18. The number of rotatable bonds is 7. The molecule has 0 aliphatic carbocycles. The van der Waals surface area contributed by atoms with Crippen LogP contribution in [0.25, 0.3) is 5.69 Å². The van der Waals surface area contributed by atoms with Crippen LogP contribution in [-0.2, 0) is 16.2 Å². The van der Waals surface area contributed by atoms with Gasteiger partial charge in [0.15, 0.2) is 0 Å². The van der Waals surface area contributed by atoms with Crippen molar-refractivity contribution in [2.45, 2.75) is 25.6 Å². The molecular weight excluding hydrogens is 499 g/mol. The maximum Gasteiger partial charge on any atom is 0.255 e. The highest BCUT2D eigenvalue weighted by molar-refractivity contribution is 6.37. The first-order chi connectivity index (χ1) is 16.9. The molecule has 0 radical (unpaired) electrons. The Morgan fingerprint density at radius 2 is 1.83 bits per heavy atom. The van der Waals surface area contributed by atoms with Gasteiger partial charge in [-0.25, -0.2) is 8.78 Å². The highest BCUT2D eigenvalue weighted by Gasteiger charge is 2.20. The van der Waals surface area contributed by atoms with Gasteiger partial charge in [0.1, 0.15) is 23.5 Å². The van der Waals surface area contributed by atoms with E-state index in [9.17, 15) is 13.6 Å². The van der Waals surface area contributed by atoms with Crippen LogP contribution in [0.4, 0.5) is 8.78 Å². The SMILES string of the molecule is COCc1cc(Cl)c(-n2cc(/C(=N/OC3CCNCC3)c3ccc(F)cc3F)ccc2=O)c(Cl)c1. The summed E-state index contributed by atoms with van der Waals surface area (Å²) in [6, 6.07) is 9.29. The van der Waals surface area contributed by atoms with Crippen LogP contribution in [0.5, 0.6) is 0 Å². The molecule has 10 heteroatoms. The largest absolute Gasteiger partial charge is 0.392 e. The third-order valence-electron chi connectivity index (χ3n) is 5.58. The van der Waals surface area contributed by atoms with Crippen LogP contribution in [0.3, 0.4) is 0 Å². The van der Waals surface area contributed by atoms with Gasteiger partial charge >= 0.3 is 0 Å². The molecule has 0 spiro atoms. The van der Waals surface area contributed by atoms with E-state index >= 15 is 0 Å². The molecule has 1 N–H and O–H groups in total.